The first-order valence-corrected chi connectivity index (χ1v) is 16.1. The molecule has 2 N–H and O–H groups in total. The lowest BCUT2D eigenvalue weighted by Crippen LogP contribution is -2.47. The van der Waals surface area contributed by atoms with Crippen LogP contribution in [0, 0.1) is 6.92 Å². The third-order valence-electron chi connectivity index (χ3n) is 7.99. The van der Waals surface area contributed by atoms with Crippen LogP contribution < -0.4 is 16.2 Å². The Balaban J connectivity index is 1.48. The molecule has 2 aliphatic rings. The summed E-state index contributed by atoms with van der Waals surface area (Å²) in [5.74, 6) is 0.417. The summed E-state index contributed by atoms with van der Waals surface area (Å²) in [6.45, 7) is 7.84. The molecule has 11 nitrogen and oxygen atoms in total. The number of rotatable bonds is 6. The molecule has 2 aromatic heterocycles. The standard InChI is InChI=1S/C29H39N7O4S/c1-19(2)31-29(38)34-13-11-23(12-14-34)36-26-21(17-25(27(36)37)24-8-6-5-7-20(24)3)18-30-28(33-26)32-22-9-15-35(16-10-22)41(4,39)40/h5-8,17-19,22-23H,9-16H2,1-4H3,(H,31,38)(H,30,32,33). The van der Waals surface area contributed by atoms with Crippen molar-refractivity contribution in [3.8, 4) is 11.1 Å². The van der Waals surface area contributed by atoms with Gasteiger partial charge >= 0.3 is 6.03 Å². The Morgan fingerprint density at radius 3 is 2.34 bits per heavy atom. The Labute approximate surface area is 241 Å². The number of amides is 2. The lowest BCUT2D eigenvalue weighted by atomic mass is 9.99. The molecule has 0 spiro atoms. The molecule has 41 heavy (non-hydrogen) atoms. The summed E-state index contributed by atoms with van der Waals surface area (Å²) in [5, 5.41) is 7.09. The summed E-state index contributed by atoms with van der Waals surface area (Å²) in [6, 6.07) is 9.58. The van der Waals surface area contributed by atoms with Gasteiger partial charge in [0.15, 0.2) is 0 Å². The van der Waals surface area contributed by atoms with Gasteiger partial charge in [-0.3, -0.25) is 9.36 Å². The Kier molecular flexibility index (Phi) is 8.32. The third kappa shape index (κ3) is 6.38. The number of piperidine rings is 2. The number of urea groups is 1. The predicted octanol–water partition coefficient (Wildman–Crippen LogP) is 3.36. The Morgan fingerprint density at radius 1 is 1.02 bits per heavy atom. The molecule has 12 heteroatoms. The number of benzene rings is 1. The van der Waals surface area contributed by atoms with E-state index < -0.39 is 10.0 Å². The first-order valence-electron chi connectivity index (χ1n) is 14.3. The van der Waals surface area contributed by atoms with Gasteiger partial charge in [0.1, 0.15) is 5.65 Å². The van der Waals surface area contributed by atoms with Gasteiger partial charge in [-0.05, 0) is 63.6 Å². The van der Waals surface area contributed by atoms with Crippen LogP contribution in [0.5, 0.6) is 0 Å². The Morgan fingerprint density at radius 2 is 1.71 bits per heavy atom. The molecule has 0 bridgehead atoms. The quantitative estimate of drug-likeness (QED) is 0.457. The minimum Gasteiger partial charge on any atom is -0.351 e. The van der Waals surface area contributed by atoms with Crippen LogP contribution in [-0.4, -0.2) is 82.7 Å². The minimum atomic E-state index is -3.21. The summed E-state index contributed by atoms with van der Waals surface area (Å²) < 4.78 is 27.1. The zero-order valence-corrected chi connectivity index (χ0v) is 24.9. The van der Waals surface area contributed by atoms with Gasteiger partial charge in [-0.1, -0.05) is 24.3 Å². The molecule has 3 aromatic rings. The van der Waals surface area contributed by atoms with Crippen LogP contribution in [0.1, 0.15) is 51.1 Å². The van der Waals surface area contributed by atoms with Crippen molar-refractivity contribution in [2.45, 2.75) is 64.6 Å². The summed E-state index contributed by atoms with van der Waals surface area (Å²) in [5.41, 5.74) is 2.94. The topological polar surface area (TPSA) is 130 Å². The van der Waals surface area contributed by atoms with Crippen LogP contribution in [0.3, 0.4) is 0 Å². The number of likely N-dealkylation sites (tertiary alicyclic amines) is 1. The maximum atomic E-state index is 14.2. The fourth-order valence-electron chi connectivity index (χ4n) is 5.78. The van der Waals surface area contributed by atoms with E-state index in [9.17, 15) is 18.0 Å². The second kappa shape index (κ2) is 11.8. The molecule has 2 saturated heterocycles. The lowest BCUT2D eigenvalue weighted by molar-refractivity contribution is 0.169. The van der Waals surface area contributed by atoms with Crippen LogP contribution in [0.25, 0.3) is 22.2 Å². The van der Waals surface area contributed by atoms with Crippen molar-refractivity contribution in [2.24, 2.45) is 0 Å². The van der Waals surface area contributed by atoms with Crippen LogP contribution in [-0.2, 0) is 10.0 Å². The van der Waals surface area contributed by atoms with Gasteiger partial charge in [-0.2, -0.15) is 4.98 Å². The molecule has 0 saturated carbocycles. The number of aromatic nitrogens is 3. The molecule has 0 unspecified atom stereocenters. The molecule has 5 rings (SSSR count). The van der Waals surface area contributed by atoms with Gasteiger partial charge in [-0.25, -0.2) is 22.5 Å². The number of nitrogens with zero attached hydrogens (tertiary/aromatic N) is 5. The summed E-state index contributed by atoms with van der Waals surface area (Å²) in [4.78, 5) is 38.0. The van der Waals surface area contributed by atoms with Crippen LogP contribution >= 0.6 is 0 Å². The van der Waals surface area contributed by atoms with Crippen molar-refractivity contribution in [2.75, 3.05) is 37.8 Å². The molecular weight excluding hydrogens is 542 g/mol. The third-order valence-corrected chi connectivity index (χ3v) is 9.30. The van der Waals surface area contributed by atoms with Crippen molar-refractivity contribution in [1.82, 2.24) is 29.1 Å². The first kappa shape index (κ1) is 29.0. The monoisotopic (exact) mass is 581 g/mol. The SMILES string of the molecule is Cc1ccccc1-c1cc2cnc(NC3CCN(S(C)(=O)=O)CC3)nc2n(C2CCN(C(=O)NC(C)C)CC2)c1=O. The molecular formula is C29H39N7O4S. The van der Waals surface area contributed by atoms with E-state index in [1.807, 2.05) is 51.1 Å². The molecule has 0 atom stereocenters. The van der Waals surface area contributed by atoms with E-state index in [1.54, 1.807) is 15.7 Å². The predicted molar refractivity (Wildman–Crippen MR) is 161 cm³/mol. The number of fused-ring (bicyclic) bond motifs is 1. The van der Waals surface area contributed by atoms with Crippen LogP contribution in [0.15, 0.2) is 41.3 Å². The normalized spacial score (nSPS) is 17.7. The van der Waals surface area contributed by atoms with Crippen molar-refractivity contribution < 1.29 is 13.2 Å². The van der Waals surface area contributed by atoms with Gasteiger partial charge in [0.25, 0.3) is 5.56 Å². The molecule has 220 valence electrons. The molecule has 1 aromatic carbocycles. The average molecular weight is 582 g/mol. The van der Waals surface area contributed by atoms with Gasteiger partial charge in [0, 0.05) is 61.5 Å². The fraction of sp³-hybridized carbons (Fsp3) is 0.517. The van der Waals surface area contributed by atoms with Gasteiger partial charge < -0.3 is 15.5 Å². The zero-order valence-electron chi connectivity index (χ0n) is 24.1. The number of nitrogens with one attached hydrogen (secondary N) is 2. The second-order valence-corrected chi connectivity index (χ2v) is 13.4. The number of aryl methyl sites for hydroxylation is 1. The molecule has 2 amide bonds. The maximum absolute atomic E-state index is 14.2. The number of carbonyl (C=O) groups excluding carboxylic acids is 1. The number of hydrogen-bond donors (Lipinski definition) is 2. The summed E-state index contributed by atoms with van der Waals surface area (Å²) in [6.07, 6.45) is 5.54. The maximum Gasteiger partial charge on any atom is 0.317 e. The van der Waals surface area contributed by atoms with E-state index in [2.05, 4.69) is 15.6 Å². The Hall–Kier alpha value is -3.51. The number of sulfonamides is 1. The molecule has 4 heterocycles. The second-order valence-electron chi connectivity index (χ2n) is 11.4. The van der Waals surface area contributed by atoms with Gasteiger partial charge in [-0.15, -0.1) is 0 Å². The zero-order chi connectivity index (χ0) is 29.3. The highest BCUT2D eigenvalue weighted by Crippen LogP contribution is 2.29. The first-order chi connectivity index (χ1) is 19.5. The number of anilines is 1. The smallest absolute Gasteiger partial charge is 0.317 e. The number of hydrogen-bond acceptors (Lipinski definition) is 7. The van der Waals surface area contributed by atoms with E-state index in [4.69, 9.17) is 4.98 Å². The van der Waals surface area contributed by atoms with Gasteiger partial charge in [0.05, 0.1) is 6.26 Å². The van der Waals surface area contributed by atoms with E-state index in [-0.39, 0.29) is 29.7 Å². The van der Waals surface area contributed by atoms with Crippen molar-refractivity contribution >= 4 is 33.0 Å². The van der Waals surface area contributed by atoms with E-state index >= 15 is 0 Å². The lowest BCUT2D eigenvalue weighted by Gasteiger charge is -2.34. The largest absolute Gasteiger partial charge is 0.351 e. The van der Waals surface area contributed by atoms with Crippen molar-refractivity contribution in [1.29, 1.82) is 0 Å². The highest BCUT2D eigenvalue weighted by Gasteiger charge is 2.29. The van der Waals surface area contributed by atoms with E-state index in [0.717, 1.165) is 16.5 Å². The Bertz CT molecular complexity index is 1590. The summed E-state index contributed by atoms with van der Waals surface area (Å²) >= 11 is 0. The molecule has 0 radical (unpaired) electrons. The number of pyridine rings is 1. The molecule has 2 fully saturated rings. The average Bonchev–Trinajstić information content (AvgIpc) is 2.93. The molecule has 2 aliphatic heterocycles. The van der Waals surface area contributed by atoms with E-state index in [0.29, 0.717) is 69.0 Å². The van der Waals surface area contributed by atoms with Crippen molar-refractivity contribution in [3.05, 3.63) is 52.4 Å². The fourth-order valence-corrected chi connectivity index (χ4v) is 6.65. The molecule has 0 aliphatic carbocycles. The minimum absolute atomic E-state index is 0.0274. The van der Waals surface area contributed by atoms with Gasteiger partial charge in [0.2, 0.25) is 16.0 Å². The number of carbonyl (C=O) groups is 1. The van der Waals surface area contributed by atoms with Crippen LogP contribution in [0.4, 0.5) is 10.7 Å². The highest BCUT2D eigenvalue weighted by atomic mass is 32.2. The van der Waals surface area contributed by atoms with Crippen molar-refractivity contribution in [3.63, 3.8) is 0 Å². The van der Waals surface area contributed by atoms with E-state index in [1.165, 1.54) is 10.6 Å². The van der Waals surface area contributed by atoms with Crippen LogP contribution in [0.2, 0.25) is 0 Å². The summed E-state index contributed by atoms with van der Waals surface area (Å²) in [7, 11) is -3.21. The highest BCUT2D eigenvalue weighted by molar-refractivity contribution is 7.88.